The number of nitrogens with zero attached hydrogens (tertiary/aromatic N) is 2. The topological polar surface area (TPSA) is 134 Å². The smallest absolute Gasteiger partial charge is 0.243 e. The van der Waals surface area contributed by atoms with Crippen LogP contribution >= 0.6 is 0 Å². The molecular weight excluding hydrogens is 506 g/mol. The number of carbonyl (C=O) groups is 2. The van der Waals surface area contributed by atoms with Gasteiger partial charge in [0.15, 0.2) is 0 Å². The van der Waals surface area contributed by atoms with E-state index >= 15 is 0 Å². The number of carbonyl (C=O) groups excluding carboxylic acids is 2. The van der Waals surface area contributed by atoms with Crippen molar-refractivity contribution in [1.82, 2.24) is 20.7 Å². The highest BCUT2D eigenvalue weighted by Gasteiger charge is 2.41. The Labute approximate surface area is 237 Å². The third-order valence-electron chi connectivity index (χ3n) is 7.46. The molecule has 1 aromatic carbocycles. The molecule has 9 nitrogen and oxygen atoms in total. The number of nitrogens with two attached hydrogens (primary N) is 1. The molecule has 1 fully saturated rings. The lowest BCUT2D eigenvalue weighted by Gasteiger charge is -2.30. The maximum atomic E-state index is 13.8. The molecule has 1 aliphatic rings. The molecule has 9 heteroatoms. The number of aromatic nitrogens is 1. The van der Waals surface area contributed by atoms with Gasteiger partial charge in [-0.3, -0.25) is 9.59 Å². The summed E-state index contributed by atoms with van der Waals surface area (Å²) in [6.07, 6.45) is 4.72. The molecule has 2 amide bonds. The Morgan fingerprint density at radius 1 is 1.25 bits per heavy atom. The van der Waals surface area contributed by atoms with Crippen LogP contribution in [-0.2, 0) is 15.0 Å². The Morgan fingerprint density at radius 3 is 2.45 bits per heavy atom. The van der Waals surface area contributed by atoms with Gasteiger partial charge >= 0.3 is 0 Å². The van der Waals surface area contributed by atoms with Crippen LogP contribution in [0.1, 0.15) is 88.9 Å². The standard InChI is InChI=1S/C31H45N5O4/c1-19(2)28(26-15-27(35-40-26)31(4,5)6)30(39)36-14-8-9-25(36)29(38)34-24(18-37)22-12-10-21(11-13-22)23(17-33-7)20(3)16-32/h10-13,15-17,19,24-25,28,33,37H,8-9,14,18,32H2,1-7H3,(H,34,38)/b20-16-,23-17+/t24-,25-,28+/m0/s1. The second kappa shape index (κ2) is 13.2. The van der Waals surface area contributed by atoms with Crippen LogP contribution in [0.15, 0.2) is 52.8 Å². The molecule has 218 valence electrons. The minimum atomic E-state index is -0.616. The summed E-state index contributed by atoms with van der Waals surface area (Å²) < 4.78 is 5.64. The van der Waals surface area contributed by atoms with Crippen molar-refractivity contribution in [1.29, 1.82) is 0 Å². The number of benzene rings is 1. The summed E-state index contributed by atoms with van der Waals surface area (Å²) in [6.45, 7) is 12.2. The number of aliphatic hydroxyl groups excluding tert-OH is 1. The molecule has 2 heterocycles. The normalized spacial score (nSPS) is 18.1. The predicted molar refractivity (Wildman–Crippen MR) is 157 cm³/mol. The predicted octanol–water partition coefficient (Wildman–Crippen LogP) is 3.98. The monoisotopic (exact) mass is 551 g/mol. The molecule has 0 spiro atoms. The van der Waals surface area contributed by atoms with Gasteiger partial charge < -0.3 is 30.9 Å². The zero-order valence-electron chi connectivity index (χ0n) is 24.8. The zero-order chi connectivity index (χ0) is 29.6. The summed E-state index contributed by atoms with van der Waals surface area (Å²) in [5.41, 5.74) is 9.90. The van der Waals surface area contributed by atoms with Gasteiger partial charge in [-0.05, 0) is 48.6 Å². The lowest BCUT2D eigenvalue weighted by atomic mass is 9.88. The Bertz CT molecular complexity index is 1220. The summed E-state index contributed by atoms with van der Waals surface area (Å²) in [7, 11) is 1.82. The Balaban J connectivity index is 1.77. The molecule has 5 N–H and O–H groups in total. The van der Waals surface area contributed by atoms with Crippen LogP contribution in [-0.4, -0.2) is 53.2 Å². The van der Waals surface area contributed by atoms with Gasteiger partial charge in [-0.2, -0.15) is 0 Å². The number of amides is 2. The maximum Gasteiger partial charge on any atom is 0.243 e. The van der Waals surface area contributed by atoms with E-state index < -0.39 is 18.0 Å². The molecule has 0 bridgehead atoms. The minimum absolute atomic E-state index is 0.0408. The molecule has 0 unspecified atom stereocenters. The van der Waals surface area contributed by atoms with E-state index in [1.807, 2.05) is 85.1 Å². The van der Waals surface area contributed by atoms with Crippen molar-refractivity contribution in [2.24, 2.45) is 11.7 Å². The second-order valence-corrected chi connectivity index (χ2v) is 11.8. The van der Waals surface area contributed by atoms with Crippen LogP contribution in [0.2, 0.25) is 0 Å². The number of aliphatic hydroxyl groups is 1. The van der Waals surface area contributed by atoms with Crippen molar-refractivity contribution < 1.29 is 19.2 Å². The fourth-order valence-electron chi connectivity index (χ4n) is 5.06. The molecular formula is C31H45N5O4. The highest BCUT2D eigenvalue weighted by molar-refractivity contribution is 5.91. The van der Waals surface area contributed by atoms with Gasteiger partial charge in [-0.15, -0.1) is 0 Å². The summed E-state index contributed by atoms with van der Waals surface area (Å²) in [5, 5.41) is 20.4. The van der Waals surface area contributed by atoms with Crippen molar-refractivity contribution in [3.8, 4) is 0 Å². The van der Waals surface area contributed by atoms with E-state index in [-0.39, 0.29) is 29.8 Å². The number of rotatable bonds is 10. The van der Waals surface area contributed by atoms with E-state index in [1.54, 1.807) is 11.1 Å². The number of hydrogen-bond donors (Lipinski definition) is 4. The van der Waals surface area contributed by atoms with E-state index in [0.717, 1.165) is 34.4 Å². The quantitative estimate of drug-likeness (QED) is 0.328. The van der Waals surface area contributed by atoms with Crippen LogP contribution in [0.25, 0.3) is 5.57 Å². The van der Waals surface area contributed by atoms with Crippen LogP contribution in [0.3, 0.4) is 0 Å². The number of hydrogen-bond acceptors (Lipinski definition) is 7. The first kappa shape index (κ1) is 30.9. The summed E-state index contributed by atoms with van der Waals surface area (Å²) in [4.78, 5) is 28.9. The lowest BCUT2D eigenvalue weighted by Crippen LogP contribution is -2.49. The van der Waals surface area contributed by atoms with E-state index in [2.05, 4.69) is 15.8 Å². The molecule has 3 atom stereocenters. The molecule has 0 aliphatic carbocycles. The number of allylic oxidation sites excluding steroid dienone is 2. The minimum Gasteiger partial charge on any atom is -0.404 e. The Kier molecular flexibility index (Phi) is 10.2. The van der Waals surface area contributed by atoms with Crippen LogP contribution in [0.5, 0.6) is 0 Å². The second-order valence-electron chi connectivity index (χ2n) is 11.8. The van der Waals surface area contributed by atoms with E-state index in [0.29, 0.717) is 18.7 Å². The maximum absolute atomic E-state index is 13.8. The average Bonchev–Trinajstić information content (AvgIpc) is 3.60. The molecule has 3 rings (SSSR count). The fourth-order valence-corrected chi connectivity index (χ4v) is 5.06. The number of nitrogens with one attached hydrogen (secondary N) is 2. The van der Waals surface area contributed by atoms with Gasteiger partial charge in [0.25, 0.3) is 0 Å². The molecule has 40 heavy (non-hydrogen) atoms. The molecule has 1 aliphatic heterocycles. The molecule has 1 saturated heterocycles. The van der Waals surface area contributed by atoms with Gasteiger partial charge in [0.1, 0.15) is 17.7 Å². The lowest BCUT2D eigenvalue weighted by molar-refractivity contribution is -0.141. The largest absolute Gasteiger partial charge is 0.404 e. The molecule has 0 radical (unpaired) electrons. The average molecular weight is 552 g/mol. The first-order valence-electron chi connectivity index (χ1n) is 14.0. The van der Waals surface area contributed by atoms with Gasteiger partial charge in [0, 0.05) is 36.8 Å². The van der Waals surface area contributed by atoms with Crippen LogP contribution in [0.4, 0.5) is 0 Å². The molecule has 1 aromatic heterocycles. The van der Waals surface area contributed by atoms with E-state index in [9.17, 15) is 14.7 Å². The summed E-state index contributed by atoms with van der Waals surface area (Å²) >= 11 is 0. The summed E-state index contributed by atoms with van der Waals surface area (Å²) in [5.74, 6) is -0.468. The third-order valence-corrected chi connectivity index (χ3v) is 7.46. The van der Waals surface area contributed by atoms with Gasteiger partial charge in [-0.25, -0.2) is 0 Å². The highest BCUT2D eigenvalue weighted by Crippen LogP contribution is 2.33. The SMILES string of the molecule is CN/C=C(\C(C)=C/N)c1ccc([C@H](CO)NC(=O)[C@@H]2CCCN2C(=O)[C@@H](c2cc(C(C)(C)C)no2)C(C)C)cc1. The van der Waals surface area contributed by atoms with Gasteiger partial charge in [0.05, 0.1) is 18.3 Å². The molecule has 2 aromatic rings. The Hall–Kier alpha value is -3.59. The first-order chi connectivity index (χ1) is 18.9. The Morgan fingerprint density at radius 2 is 1.93 bits per heavy atom. The van der Waals surface area contributed by atoms with Crippen molar-refractivity contribution in [2.45, 2.75) is 77.8 Å². The first-order valence-corrected chi connectivity index (χ1v) is 14.0. The van der Waals surface area contributed by atoms with Crippen LogP contribution < -0.4 is 16.4 Å². The van der Waals surface area contributed by atoms with Crippen molar-refractivity contribution in [2.75, 3.05) is 20.2 Å². The summed E-state index contributed by atoms with van der Waals surface area (Å²) in [6, 6.07) is 8.27. The molecule has 0 saturated carbocycles. The van der Waals surface area contributed by atoms with Crippen molar-refractivity contribution in [3.05, 3.63) is 70.9 Å². The van der Waals surface area contributed by atoms with Gasteiger partial charge in [0.2, 0.25) is 11.8 Å². The van der Waals surface area contributed by atoms with E-state index in [1.165, 1.54) is 0 Å². The van der Waals surface area contributed by atoms with Crippen LogP contribution in [0, 0.1) is 5.92 Å². The fraction of sp³-hybridized carbons (Fsp3) is 0.516. The van der Waals surface area contributed by atoms with Crippen molar-refractivity contribution >= 4 is 17.4 Å². The van der Waals surface area contributed by atoms with E-state index in [4.69, 9.17) is 10.3 Å². The van der Waals surface area contributed by atoms with Gasteiger partial charge in [-0.1, -0.05) is 64.0 Å². The zero-order valence-corrected chi connectivity index (χ0v) is 24.8. The highest BCUT2D eigenvalue weighted by atomic mass is 16.5. The third kappa shape index (κ3) is 6.94. The number of likely N-dealkylation sites (tertiary alicyclic amines) is 1. The van der Waals surface area contributed by atoms with Crippen molar-refractivity contribution in [3.63, 3.8) is 0 Å².